The van der Waals surface area contributed by atoms with Crippen molar-refractivity contribution in [2.24, 2.45) is 0 Å². The van der Waals surface area contributed by atoms with Gasteiger partial charge in [-0.25, -0.2) is 0 Å². The van der Waals surface area contributed by atoms with Crippen LogP contribution in [0.2, 0.25) is 0 Å². The standard InChI is InChI=1S/C25H33N3O2/c1-18(29)28(2)25(13-14-25)21-11-12-23(30-3)20(16-21)17-27-22-10-7-15-26-24(22)19-8-5-4-6-9-19/h4-6,8-9,11-12,16,22,24,26-27H,7,10,13-15,17H2,1-3H3/t22-,24-/m0/s1. The number of ether oxygens (including phenoxy) is 1. The van der Waals surface area contributed by atoms with Gasteiger partial charge in [0.2, 0.25) is 5.91 Å². The minimum Gasteiger partial charge on any atom is -0.496 e. The first kappa shape index (κ1) is 20.9. The molecule has 5 heteroatoms. The average Bonchev–Trinajstić information content (AvgIpc) is 3.59. The Morgan fingerprint density at radius 3 is 2.67 bits per heavy atom. The number of benzene rings is 2. The van der Waals surface area contributed by atoms with Gasteiger partial charge in [0.15, 0.2) is 0 Å². The molecule has 1 aliphatic carbocycles. The molecule has 0 unspecified atom stereocenters. The molecule has 30 heavy (non-hydrogen) atoms. The van der Waals surface area contributed by atoms with Crippen LogP contribution in [0, 0.1) is 0 Å². The van der Waals surface area contributed by atoms with Gasteiger partial charge in [0, 0.05) is 38.2 Å². The van der Waals surface area contributed by atoms with Gasteiger partial charge >= 0.3 is 0 Å². The summed E-state index contributed by atoms with van der Waals surface area (Å²) >= 11 is 0. The quantitative estimate of drug-likeness (QED) is 0.734. The van der Waals surface area contributed by atoms with Crippen molar-refractivity contribution in [1.82, 2.24) is 15.5 Å². The first-order chi connectivity index (χ1) is 14.5. The molecular formula is C25H33N3O2. The van der Waals surface area contributed by atoms with Crippen LogP contribution in [0.3, 0.4) is 0 Å². The van der Waals surface area contributed by atoms with Gasteiger partial charge in [0.1, 0.15) is 5.75 Å². The fourth-order valence-corrected chi connectivity index (χ4v) is 4.80. The van der Waals surface area contributed by atoms with Gasteiger partial charge in [0.05, 0.1) is 12.6 Å². The van der Waals surface area contributed by atoms with E-state index in [1.165, 1.54) is 17.5 Å². The Labute approximate surface area is 179 Å². The molecule has 1 amide bonds. The van der Waals surface area contributed by atoms with E-state index in [2.05, 4.69) is 53.1 Å². The molecule has 2 aliphatic rings. The summed E-state index contributed by atoms with van der Waals surface area (Å²) in [5.74, 6) is 1.01. The first-order valence-electron chi connectivity index (χ1n) is 11.0. The SMILES string of the molecule is COc1ccc(C2(N(C)C(C)=O)CC2)cc1CN[C@H]1CCCN[C@H]1c1ccccc1. The summed E-state index contributed by atoms with van der Waals surface area (Å²) in [7, 11) is 3.64. The normalized spacial score (nSPS) is 22.4. The Balaban J connectivity index is 1.53. The van der Waals surface area contributed by atoms with Crippen LogP contribution in [-0.2, 0) is 16.9 Å². The van der Waals surface area contributed by atoms with Gasteiger partial charge in [0.25, 0.3) is 0 Å². The van der Waals surface area contributed by atoms with Gasteiger partial charge in [-0.15, -0.1) is 0 Å². The maximum atomic E-state index is 12.0. The second-order valence-corrected chi connectivity index (χ2v) is 8.61. The predicted molar refractivity (Wildman–Crippen MR) is 119 cm³/mol. The number of carbonyl (C=O) groups is 1. The van der Waals surface area contributed by atoms with E-state index in [9.17, 15) is 4.79 Å². The number of nitrogens with zero attached hydrogens (tertiary/aromatic N) is 1. The van der Waals surface area contributed by atoms with Crippen LogP contribution in [0.15, 0.2) is 48.5 Å². The van der Waals surface area contributed by atoms with E-state index in [1.54, 1.807) is 14.0 Å². The molecule has 1 saturated carbocycles. The van der Waals surface area contributed by atoms with Gasteiger partial charge in [-0.3, -0.25) is 4.79 Å². The third kappa shape index (κ3) is 4.09. The molecule has 0 radical (unpaired) electrons. The minimum absolute atomic E-state index is 0.113. The zero-order valence-electron chi connectivity index (χ0n) is 18.3. The largest absolute Gasteiger partial charge is 0.496 e. The number of nitrogens with one attached hydrogen (secondary N) is 2. The molecule has 0 aromatic heterocycles. The summed E-state index contributed by atoms with van der Waals surface area (Å²) in [6, 6.07) is 17.8. The number of hydrogen-bond acceptors (Lipinski definition) is 4. The zero-order chi connectivity index (χ0) is 21.1. The molecule has 5 nitrogen and oxygen atoms in total. The van der Waals surface area contributed by atoms with E-state index >= 15 is 0 Å². The average molecular weight is 408 g/mol. The van der Waals surface area contributed by atoms with Crippen LogP contribution >= 0.6 is 0 Å². The van der Waals surface area contributed by atoms with Gasteiger partial charge in [-0.2, -0.15) is 0 Å². The molecule has 1 heterocycles. The molecule has 1 aliphatic heterocycles. The van der Waals surface area contributed by atoms with Crippen LogP contribution in [0.1, 0.15) is 55.3 Å². The second kappa shape index (κ2) is 8.78. The molecular weight excluding hydrogens is 374 g/mol. The number of piperidine rings is 1. The van der Waals surface area contributed by atoms with E-state index in [1.807, 2.05) is 18.0 Å². The van der Waals surface area contributed by atoms with Crippen molar-refractivity contribution in [1.29, 1.82) is 0 Å². The van der Waals surface area contributed by atoms with Crippen molar-refractivity contribution in [3.63, 3.8) is 0 Å². The summed E-state index contributed by atoms with van der Waals surface area (Å²) in [6.07, 6.45) is 4.35. The van der Waals surface area contributed by atoms with Crippen molar-refractivity contribution in [3.05, 3.63) is 65.2 Å². The third-order valence-corrected chi connectivity index (χ3v) is 6.83. The third-order valence-electron chi connectivity index (χ3n) is 6.83. The number of rotatable bonds is 7. The van der Waals surface area contributed by atoms with Gasteiger partial charge < -0.3 is 20.3 Å². The zero-order valence-corrected chi connectivity index (χ0v) is 18.3. The molecule has 1 saturated heterocycles. The van der Waals surface area contributed by atoms with E-state index in [4.69, 9.17) is 4.74 Å². The van der Waals surface area contributed by atoms with Crippen LogP contribution in [-0.4, -0.2) is 37.6 Å². The lowest BCUT2D eigenvalue weighted by atomic mass is 9.92. The van der Waals surface area contributed by atoms with Crippen molar-refractivity contribution in [2.75, 3.05) is 20.7 Å². The Morgan fingerprint density at radius 2 is 2.00 bits per heavy atom. The molecule has 2 fully saturated rings. The van der Waals surface area contributed by atoms with Crippen molar-refractivity contribution >= 4 is 5.91 Å². The monoisotopic (exact) mass is 407 g/mol. The van der Waals surface area contributed by atoms with E-state index in [0.717, 1.165) is 43.7 Å². The minimum atomic E-state index is -0.147. The van der Waals surface area contributed by atoms with Gasteiger partial charge in [-0.05, 0) is 55.5 Å². The Kier molecular flexibility index (Phi) is 6.11. The summed E-state index contributed by atoms with van der Waals surface area (Å²) in [6.45, 7) is 3.44. The first-order valence-corrected chi connectivity index (χ1v) is 11.0. The maximum absolute atomic E-state index is 12.0. The van der Waals surface area contributed by atoms with Crippen LogP contribution in [0.25, 0.3) is 0 Å². The number of carbonyl (C=O) groups excluding carboxylic acids is 1. The Morgan fingerprint density at radius 1 is 1.23 bits per heavy atom. The molecule has 160 valence electrons. The van der Waals surface area contributed by atoms with Crippen LogP contribution in [0.5, 0.6) is 5.75 Å². The maximum Gasteiger partial charge on any atom is 0.219 e. The summed E-state index contributed by atoms with van der Waals surface area (Å²) in [5, 5.41) is 7.47. The Hall–Kier alpha value is -2.37. The highest BCUT2D eigenvalue weighted by atomic mass is 16.5. The van der Waals surface area contributed by atoms with Crippen molar-refractivity contribution in [3.8, 4) is 5.75 Å². The van der Waals surface area contributed by atoms with Crippen LogP contribution < -0.4 is 15.4 Å². The highest BCUT2D eigenvalue weighted by Gasteiger charge is 2.49. The van der Waals surface area contributed by atoms with E-state index in [-0.39, 0.29) is 11.4 Å². The second-order valence-electron chi connectivity index (χ2n) is 8.61. The number of methoxy groups -OCH3 is 1. The molecule has 0 bridgehead atoms. The van der Waals surface area contributed by atoms with E-state index in [0.29, 0.717) is 12.1 Å². The molecule has 2 aromatic rings. The van der Waals surface area contributed by atoms with Crippen molar-refractivity contribution < 1.29 is 9.53 Å². The number of amides is 1. The lowest BCUT2D eigenvalue weighted by molar-refractivity contribution is -0.130. The smallest absolute Gasteiger partial charge is 0.219 e. The van der Waals surface area contributed by atoms with Gasteiger partial charge in [-0.1, -0.05) is 36.4 Å². The lowest BCUT2D eigenvalue weighted by Crippen LogP contribution is -2.45. The molecule has 2 aromatic carbocycles. The predicted octanol–water partition coefficient (Wildman–Crippen LogP) is 3.75. The highest BCUT2D eigenvalue weighted by Crippen LogP contribution is 2.51. The van der Waals surface area contributed by atoms with Crippen LogP contribution in [0.4, 0.5) is 0 Å². The topological polar surface area (TPSA) is 53.6 Å². The fourth-order valence-electron chi connectivity index (χ4n) is 4.80. The molecule has 2 N–H and O–H groups in total. The molecule has 4 rings (SSSR count). The van der Waals surface area contributed by atoms with Crippen molar-refractivity contribution in [2.45, 2.75) is 56.8 Å². The highest BCUT2D eigenvalue weighted by molar-refractivity contribution is 5.75. The Bertz CT molecular complexity index is 879. The summed E-state index contributed by atoms with van der Waals surface area (Å²) < 4.78 is 5.66. The summed E-state index contributed by atoms with van der Waals surface area (Å²) in [4.78, 5) is 13.9. The molecule has 0 spiro atoms. The van der Waals surface area contributed by atoms with E-state index < -0.39 is 0 Å². The lowest BCUT2D eigenvalue weighted by Gasteiger charge is -2.34. The fraction of sp³-hybridized carbons (Fsp3) is 0.480. The molecule has 2 atom stereocenters. The number of hydrogen-bond donors (Lipinski definition) is 2. The summed E-state index contributed by atoms with van der Waals surface area (Å²) in [5.41, 5.74) is 3.54.